The topological polar surface area (TPSA) is 76.0 Å². The van der Waals surface area contributed by atoms with Crippen molar-refractivity contribution in [2.75, 3.05) is 0 Å². The Morgan fingerprint density at radius 3 is 2.75 bits per heavy atom. The van der Waals surface area contributed by atoms with Gasteiger partial charge in [-0.3, -0.25) is 14.3 Å². The molecule has 126 valence electrons. The van der Waals surface area contributed by atoms with Crippen LogP contribution in [0.3, 0.4) is 0 Å². The molecule has 2 N–H and O–H groups in total. The van der Waals surface area contributed by atoms with E-state index in [1.807, 2.05) is 36.7 Å². The van der Waals surface area contributed by atoms with Crippen LogP contribution in [-0.2, 0) is 22.7 Å². The highest BCUT2D eigenvalue weighted by Crippen LogP contribution is 2.15. The molecular formula is C18H22N4O2. The highest BCUT2D eigenvalue weighted by Gasteiger charge is 2.27. The Morgan fingerprint density at radius 2 is 2.08 bits per heavy atom. The van der Waals surface area contributed by atoms with E-state index in [-0.39, 0.29) is 11.8 Å². The average Bonchev–Trinajstić information content (AvgIpc) is 3.11. The van der Waals surface area contributed by atoms with Crippen LogP contribution in [0.15, 0.2) is 30.3 Å². The van der Waals surface area contributed by atoms with Crippen LogP contribution >= 0.6 is 0 Å². The van der Waals surface area contributed by atoms with Crippen LogP contribution in [0.25, 0.3) is 0 Å². The fourth-order valence-corrected chi connectivity index (χ4v) is 3.01. The molecule has 2 aromatic rings. The Kier molecular flexibility index (Phi) is 4.64. The van der Waals surface area contributed by atoms with Gasteiger partial charge >= 0.3 is 0 Å². The molecule has 0 bridgehead atoms. The normalized spacial score (nSPS) is 16.9. The number of nitrogens with zero attached hydrogens (tertiary/aromatic N) is 2. The first-order valence-corrected chi connectivity index (χ1v) is 8.18. The summed E-state index contributed by atoms with van der Waals surface area (Å²) in [5, 5.41) is 10.2. The second-order valence-corrected chi connectivity index (χ2v) is 6.17. The van der Waals surface area contributed by atoms with E-state index in [1.165, 1.54) is 5.56 Å². The minimum absolute atomic E-state index is 0.0572. The van der Waals surface area contributed by atoms with Gasteiger partial charge in [-0.2, -0.15) is 5.10 Å². The fraction of sp³-hybridized carbons (Fsp3) is 0.389. The van der Waals surface area contributed by atoms with E-state index in [9.17, 15) is 9.59 Å². The maximum absolute atomic E-state index is 12.1. The number of hydrogen-bond acceptors (Lipinski definition) is 3. The van der Waals surface area contributed by atoms with E-state index in [1.54, 1.807) is 0 Å². The molecule has 0 spiro atoms. The van der Waals surface area contributed by atoms with Gasteiger partial charge in [0.1, 0.15) is 6.04 Å². The second kappa shape index (κ2) is 6.86. The van der Waals surface area contributed by atoms with Gasteiger partial charge in [0.25, 0.3) is 0 Å². The summed E-state index contributed by atoms with van der Waals surface area (Å²) in [6.45, 7) is 5.10. The molecule has 6 nitrogen and oxygen atoms in total. The lowest BCUT2D eigenvalue weighted by Gasteiger charge is -2.11. The van der Waals surface area contributed by atoms with Crippen LogP contribution in [0.1, 0.15) is 35.4 Å². The van der Waals surface area contributed by atoms with E-state index in [0.717, 1.165) is 17.0 Å². The molecule has 3 rings (SSSR count). The largest absolute Gasteiger partial charge is 0.350 e. The van der Waals surface area contributed by atoms with Crippen LogP contribution in [-0.4, -0.2) is 27.6 Å². The highest BCUT2D eigenvalue weighted by molar-refractivity contribution is 5.90. The molecule has 1 fully saturated rings. The number of aromatic nitrogens is 2. The Bertz CT molecular complexity index is 752. The summed E-state index contributed by atoms with van der Waals surface area (Å²) >= 11 is 0. The van der Waals surface area contributed by atoms with E-state index >= 15 is 0 Å². The molecule has 0 radical (unpaired) electrons. The molecule has 0 aliphatic carbocycles. The second-order valence-electron chi connectivity index (χ2n) is 6.17. The predicted octanol–water partition coefficient (Wildman–Crippen LogP) is 1.44. The van der Waals surface area contributed by atoms with Crippen molar-refractivity contribution in [2.24, 2.45) is 0 Å². The standard InChI is InChI=1S/C18H22N4O2/c1-12-15(10-19-18(24)16-8-9-17(23)20-16)13(2)22(21-12)11-14-6-4-3-5-7-14/h3-7,16H,8-11H2,1-2H3,(H,19,24)(H,20,23)/t16-/m0/s1. The summed E-state index contributed by atoms with van der Waals surface area (Å²) in [6.07, 6.45) is 0.987. The van der Waals surface area contributed by atoms with Crippen molar-refractivity contribution in [1.29, 1.82) is 0 Å². The molecule has 0 unspecified atom stereocenters. The number of rotatable bonds is 5. The lowest BCUT2D eigenvalue weighted by molar-refractivity contribution is -0.125. The van der Waals surface area contributed by atoms with Gasteiger partial charge in [-0.25, -0.2) is 0 Å². The number of carbonyl (C=O) groups excluding carboxylic acids is 2. The molecule has 1 saturated heterocycles. The van der Waals surface area contributed by atoms with Crippen LogP contribution in [0.2, 0.25) is 0 Å². The van der Waals surface area contributed by atoms with Crippen molar-refractivity contribution in [2.45, 2.75) is 45.8 Å². The Hall–Kier alpha value is -2.63. The molecule has 1 atom stereocenters. The molecule has 2 heterocycles. The third kappa shape index (κ3) is 3.48. The lowest BCUT2D eigenvalue weighted by Crippen LogP contribution is -2.41. The van der Waals surface area contributed by atoms with Gasteiger partial charge in [0.15, 0.2) is 0 Å². The van der Waals surface area contributed by atoms with Crippen molar-refractivity contribution in [3.05, 3.63) is 52.8 Å². The molecule has 2 amide bonds. The molecule has 1 aromatic heterocycles. The first-order chi connectivity index (χ1) is 11.5. The lowest BCUT2D eigenvalue weighted by atomic mass is 10.1. The zero-order chi connectivity index (χ0) is 17.1. The predicted molar refractivity (Wildman–Crippen MR) is 90.3 cm³/mol. The molecule has 1 aliphatic heterocycles. The van der Waals surface area contributed by atoms with Crippen molar-refractivity contribution >= 4 is 11.8 Å². The Morgan fingerprint density at radius 1 is 1.33 bits per heavy atom. The van der Waals surface area contributed by atoms with Crippen molar-refractivity contribution in [3.63, 3.8) is 0 Å². The smallest absolute Gasteiger partial charge is 0.242 e. The fourth-order valence-electron chi connectivity index (χ4n) is 3.01. The number of hydrogen-bond donors (Lipinski definition) is 2. The summed E-state index contributed by atoms with van der Waals surface area (Å²) in [6, 6.07) is 9.75. The van der Waals surface area contributed by atoms with Gasteiger partial charge in [-0.15, -0.1) is 0 Å². The molecule has 0 saturated carbocycles. The first-order valence-electron chi connectivity index (χ1n) is 8.18. The Labute approximate surface area is 141 Å². The summed E-state index contributed by atoms with van der Waals surface area (Å²) in [5.41, 5.74) is 4.18. The van der Waals surface area contributed by atoms with E-state index in [4.69, 9.17) is 0 Å². The van der Waals surface area contributed by atoms with Crippen molar-refractivity contribution in [3.8, 4) is 0 Å². The first kappa shape index (κ1) is 16.2. The van der Waals surface area contributed by atoms with Crippen molar-refractivity contribution in [1.82, 2.24) is 20.4 Å². The Balaban J connectivity index is 1.66. The molecular weight excluding hydrogens is 304 g/mol. The van der Waals surface area contributed by atoms with Crippen LogP contribution < -0.4 is 10.6 Å². The minimum Gasteiger partial charge on any atom is -0.350 e. The number of carbonyl (C=O) groups is 2. The molecule has 1 aromatic carbocycles. The zero-order valence-electron chi connectivity index (χ0n) is 14.0. The van der Waals surface area contributed by atoms with E-state index in [0.29, 0.717) is 25.9 Å². The molecule has 1 aliphatic rings. The van der Waals surface area contributed by atoms with E-state index < -0.39 is 6.04 Å². The van der Waals surface area contributed by atoms with Crippen LogP contribution in [0, 0.1) is 13.8 Å². The average molecular weight is 326 g/mol. The van der Waals surface area contributed by atoms with Gasteiger partial charge in [-0.05, 0) is 25.8 Å². The molecule has 6 heteroatoms. The number of nitrogens with one attached hydrogen (secondary N) is 2. The summed E-state index contributed by atoms with van der Waals surface area (Å²) in [4.78, 5) is 23.3. The minimum atomic E-state index is -0.405. The maximum atomic E-state index is 12.1. The van der Waals surface area contributed by atoms with Crippen molar-refractivity contribution < 1.29 is 9.59 Å². The SMILES string of the molecule is Cc1nn(Cc2ccccc2)c(C)c1CNC(=O)[C@@H]1CCC(=O)N1. The number of aryl methyl sites for hydroxylation is 1. The van der Waals surface area contributed by atoms with Gasteiger partial charge in [0.05, 0.1) is 12.2 Å². The summed E-state index contributed by atoms with van der Waals surface area (Å²) in [5.74, 6) is -0.186. The van der Waals surface area contributed by atoms with E-state index in [2.05, 4.69) is 27.9 Å². The third-order valence-electron chi connectivity index (χ3n) is 4.46. The monoisotopic (exact) mass is 326 g/mol. The quantitative estimate of drug-likeness (QED) is 0.873. The van der Waals surface area contributed by atoms with Crippen LogP contribution in [0.5, 0.6) is 0 Å². The summed E-state index contributed by atoms with van der Waals surface area (Å²) in [7, 11) is 0. The number of benzene rings is 1. The zero-order valence-corrected chi connectivity index (χ0v) is 14.0. The van der Waals surface area contributed by atoms with Gasteiger partial charge in [0.2, 0.25) is 11.8 Å². The van der Waals surface area contributed by atoms with Gasteiger partial charge in [0, 0.05) is 24.2 Å². The maximum Gasteiger partial charge on any atom is 0.242 e. The van der Waals surface area contributed by atoms with Gasteiger partial charge in [-0.1, -0.05) is 30.3 Å². The number of amides is 2. The highest BCUT2D eigenvalue weighted by atomic mass is 16.2. The third-order valence-corrected chi connectivity index (χ3v) is 4.46. The molecule has 24 heavy (non-hydrogen) atoms. The van der Waals surface area contributed by atoms with Crippen LogP contribution in [0.4, 0.5) is 0 Å². The van der Waals surface area contributed by atoms with Gasteiger partial charge < -0.3 is 10.6 Å². The summed E-state index contributed by atoms with van der Waals surface area (Å²) < 4.78 is 1.96.